The van der Waals surface area contributed by atoms with Crippen LogP contribution in [0.5, 0.6) is 11.6 Å². The number of hydrogen-bond donors (Lipinski definition) is 3. The lowest BCUT2D eigenvalue weighted by molar-refractivity contribution is 0.462. The van der Waals surface area contributed by atoms with Gasteiger partial charge in [0.1, 0.15) is 17.1 Å². The van der Waals surface area contributed by atoms with Crippen molar-refractivity contribution in [2.45, 2.75) is 0 Å². The average molecular weight is 228 g/mol. The van der Waals surface area contributed by atoms with Crippen LogP contribution in [0.1, 0.15) is 0 Å². The van der Waals surface area contributed by atoms with Crippen LogP contribution < -0.4 is 5.73 Å². The topological polar surface area (TPSA) is 105 Å². The predicted molar refractivity (Wildman–Crippen MR) is 62.6 cm³/mol. The van der Waals surface area contributed by atoms with Crippen molar-refractivity contribution < 1.29 is 10.2 Å². The Morgan fingerprint density at radius 2 is 1.94 bits per heavy atom. The van der Waals surface area contributed by atoms with E-state index in [2.05, 4.69) is 15.2 Å². The number of aromatic nitrogens is 3. The molecule has 0 aliphatic heterocycles. The zero-order valence-corrected chi connectivity index (χ0v) is 8.62. The molecule has 3 rings (SSSR count). The molecule has 6 nitrogen and oxygen atoms in total. The largest absolute Gasteiger partial charge is 0.507 e. The summed E-state index contributed by atoms with van der Waals surface area (Å²) in [7, 11) is 0. The fraction of sp³-hybridized carbons (Fsp3) is 0. The molecule has 0 atom stereocenters. The second-order valence-corrected chi connectivity index (χ2v) is 3.64. The molecular formula is C11H8N4O2. The number of nitrogens with zero attached hydrogens (tertiary/aromatic N) is 3. The van der Waals surface area contributed by atoms with E-state index in [9.17, 15) is 10.2 Å². The van der Waals surface area contributed by atoms with Crippen molar-refractivity contribution >= 4 is 27.6 Å². The normalized spacial score (nSPS) is 11.1. The molecule has 2 aromatic heterocycles. The first-order chi connectivity index (χ1) is 8.16. The van der Waals surface area contributed by atoms with E-state index in [-0.39, 0.29) is 17.4 Å². The van der Waals surface area contributed by atoms with Crippen molar-refractivity contribution in [3.8, 4) is 11.6 Å². The van der Waals surface area contributed by atoms with Crippen LogP contribution in [0.4, 0.5) is 5.82 Å². The lowest BCUT2D eigenvalue weighted by Crippen LogP contribution is -1.95. The second kappa shape index (κ2) is 3.18. The van der Waals surface area contributed by atoms with Crippen LogP contribution in [-0.4, -0.2) is 25.4 Å². The molecule has 3 aromatic rings. The maximum Gasteiger partial charge on any atom is 0.221 e. The van der Waals surface area contributed by atoms with Gasteiger partial charge in [-0.15, -0.1) is 10.2 Å². The van der Waals surface area contributed by atoms with Crippen molar-refractivity contribution in [1.29, 1.82) is 0 Å². The maximum absolute atomic E-state index is 9.81. The molecule has 0 saturated carbocycles. The second-order valence-electron chi connectivity index (χ2n) is 3.64. The van der Waals surface area contributed by atoms with Gasteiger partial charge in [0.15, 0.2) is 0 Å². The van der Waals surface area contributed by atoms with Crippen molar-refractivity contribution in [3.05, 3.63) is 24.3 Å². The molecule has 0 unspecified atom stereocenters. The Kier molecular flexibility index (Phi) is 1.79. The third kappa shape index (κ3) is 1.31. The molecule has 4 N–H and O–H groups in total. The first-order valence-corrected chi connectivity index (χ1v) is 4.90. The molecule has 0 aliphatic carbocycles. The van der Waals surface area contributed by atoms with E-state index in [1.165, 1.54) is 12.1 Å². The third-order valence-corrected chi connectivity index (χ3v) is 2.54. The van der Waals surface area contributed by atoms with Gasteiger partial charge in [-0.25, -0.2) is 4.98 Å². The summed E-state index contributed by atoms with van der Waals surface area (Å²) in [5.41, 5.74) is 6.33. The monoisotopic (exact) mass is 228 g/mol. The summed E-state index contributed by atoms with van der Waals surface area (Å²) in [4.78, 5) is 3.98. The van der Waals surface area contributed by atoms with Gasteiger partial charge < -0.3 is 15.9 Å². The van der Waals surface area contributed by atoms with Crippen LogP contribution in [0.3, 0.4) is 0 Å². The molecule has 17 heavy (non-hydrogen) atoms. The van der Waals surface area contributed by atoms with Crippen LogP contribution in [-0.2, 0) is 0 Å². The van der Waals surface area contributed by atoms with Gasteiger partial charge in [0, 0.05) is 0 Å². The van der Waals surface area contributed by atoms with Gasteiger partial charge in [0.2, 0.25) is 5.88 Å². The number of nitrogen functional groups attached to an aromatic ring is 1. The number of anilines is 1. The number of pyridine rings is 1. The van der Waals surface area contributed by atoms with Gasteiger partial charge in [-0.1, -0.05) is 6.07 Å². The van der Waals surface area contributed by atoms with Crippen LogP contribution >= 0.6 is 0 Å². The Labute approximate surface area is 95.4 Å². The molecule has 0 fully saturated rings. The summed E-state index contributed by atoms with van der Waals surface area (Å²) in [6, 6.07) is 6.31. The molecule has 6 heteroatoms. The van der Waals surface area contributed by atoms with E-state index < -0.39 is 0 Å². The van der Waals surface area contributed by atoms with E-state index in [0.29, 0.717) is 21.8 Å². The molecule has 0 spiro atoms. The lowest BCUT2D eigenvalue weighted by Gasteiger charge is -2.05. The summed E-state index contributed by atoms with van der Waals surface area (Å²) in [6.07, 6.45) is 0. The highest BCUT2D eigenvalue weighted by Crippen LogP contribution is 2.33. The summed E-state index contributed by atoms with van der Waals surface area (Å²) < 4.78 is 0. The molecule has 0 aliphatic rings. The predicted octanol–water partition coefficient (Wildman–Crippen LogP) is 1.17. The highest BCUT2D eigenvalue weighted by Gasteiger charge is 2.12. The number of fused-ring (bicyclic) bond motifs is 3. The fourth-order valence-electron chi connectivity index (χ4n) is 1.80. The van der Waals surface area contributed by atoms with Crippen molar-refractivity contribution in [2.75, 3.05) is 5.73 Å². The van der Waals surface area contributed by atoms with E-state index in [1.807, 2.05) is 0 Å². The van der Waals surface area contributed by atoms with Crippen LogP contribution in [0.25, 0.3) is 21.8 Å². The molecule has 84 valence electrons. The van der Waals surface area contributed by atoms with Crippen LogP contribution in [0.15, 0.2) is 24.3 Å². The number of phenolic OH excluding ortho intramolecular Hbond substituents is 1. The summed E-state index contributed by atoms with van der Waals surface area (Å²) in [5.74, 6) is 0.0446. The van der Waals surface area contributed by atoms with Gasteiger partial charge in [-0.05, 0) is 18.2 Å². The van der Waals surface area contributed by atoms with Crippen molar-refractivity contribution in [1.82, 2.24) is 15.2 Å². The first-order valence-electron chi connectivity index (χ1n) is 4.90. The number of rotatable bonds is 0. The smallest absolute Gasteiger partial charge is 0.221 e. The molecule has 0 amide bonds. The molecular weight excluding hydrogens is 220 g/mol. The minimum absolute atomic E-state index is 0.0408. The quantitative estimate of drug-likeness (QED) is 0.499. The molecule has 0 bridgehead atoms. The first kappa shape index (κ1) is 9.59. The van der Waals surface area contributed by atoms with Crippen molar-refractivity contribution in [2.24, 2.45) is 0 Å². The van der Waals surface area contributed by atoms with Crippen molar-refractivity contribution in [3.63, 3.8) is 0 Å². The summed E-state index contributed by atoms with van der Waals surface area (Å²) in [5, 5.41) is 28.0. The van der Waals surface area contributed by atoms with Gasteiger partial charge in [0.05, 0.1) is 16.3 Å². The average Bonchev–Trinajstić information content (AvgIpc) is 2.30. The highest BCUT2D eigenvalue weighted by atomic mass is 16.3. The van der Waals surface area contributed by atoms with Gasteiger partial charge >= 0.3 is 0 Å². The van der Waals surface area contributed by atoms with E-state index in [0.717, 1.165) is 0 Å². The lowest BCUT2D eigenvalue weighted by atomic mass is 10.1. The SMILES string of the molecule is Nc1cc2c(O)nc3cccc(O)c3c2nn1. The number of phenols is 1. The zero-order chi connectivity index (χ0) is 12.0. The minimum Gasteiger partial charge on any atom is -0.507 e. The Hall–Kier alpha value is -2.63. The Bertz CT molecular complexity index is 742. The minimum atomic E-state index is -0.181. The number of benzene rings is 1. The van der Waals surface area contributed by atoms with Gasteiger partial charge in [0.25, 0.3) is 0 Å². The molecule has 2 heterocycles. The van der Waals surface area contributed by atoms with Crippen LogP contribution in [0, 0.1) is 0 Å². The number of hydrogen-bond acceptors (Lipinski definition) is 6. The third-order valence-electron chi connectivity index (χ3n) is 2.54. The highest BCUT2D eigenvalue weighted by molar-refractivity contribution is 6.08. The van der Waals surface area contributed by atoms with E-state index >= 15 is 0 Å². The Balaban J connectivity index is 2.63. The van der Waals surface area contributed by atoms with Gasteiger partial charge in [-0.2, -0.15) is 0 Å². The summed E-state index contributed by atoms with van der Waals surface area (Å²) >= 11 is 0. The summed E-state index contributed by atoms with van der Waals surface area (Å²) in [6.45, 7) is 0. The number of aromatic hydroxyl groups is 2. The fourth-order valence-corrected chi connectivity index (χ4v) is 1.80. The van der Waals surface area contributed by atoms with E-state index in [4.69, 9.17) is 5.73 Å². The van der Waals surface area contributed by atoms with Gasteiger partial charge in [-0.3, -0.25) is 0 Å². The standard InChI is InChI=1S/C11H8N4O2/c12-8-4-5-10(15-14-8)9-6(13-11(5)17)2-1-3-7(9)16/h1-4,16H,(H2,12,14)(H,13,17). The molecule has 0 radical (unpaired) electrons. The Morgan fingerprint density at radius 3 is 2.76 bits per heavy atom. The molecule has 1 aromatic carbocycles. The molecule has 0 saturated heterocycles. The van der Waals surface area contributed by atoms with E-state index in [1.54, 1.807) is 12.1 Å². The van der Waals surface area contributed by atoms with Crippen LogP contribution in [0.2, 0.25) is 0 Å². The number of nitrogens with two attached hydrogens (primary N) is 1. The zero-order valence-electron chi connectivity index (χ0n) is 8.62. The Morgan fingerprint density at radius 1 is 1.12 bits per heavy atom. The maximum atomic E-state index is 9.81.